The first-order valence-corrected chi connectivity index (χ1v) is 7.48. The highest BCUT2D eigenvalue weighted by molar-refractivity contribution is 5.16. The topological polar surface area (TPSA) is 39.1 Å². The summed E-state index contributed by atoms with van der Waals surface area (Å²) in [5.74, 6) is 0. The van der Waals surface area contributed by atoms with Gasteiger partial charge in [0.2, 0.25) is 0 Å². The first-order valence-electron chi connectivity index (χ1n) is 7.48. The average Bonchev–Trinajstić information content (AvgIpc) is 2.92. The number of hydrogen-bond acceptors (Lipinski definition) is 3. The van der Waals surface area contributed by atoms with E-state index in [1.807, 2.05) is 18.0 Å². The molecule has 4 nitrogen and oxygen atoms in total. The van der Waals surface area contributed by atoms with Crippen LogP contribution >= 0.6 is 0 Å². The second kappa shape index (κ2) is 7.65. The molecule has 1 N–H and O–H groups in total. The summed E-state index contributed by atoms with van der Waals surface area (Å²) in [5.41, 5.74) is 1.07. The van der Waals surface area contributed by atoms with Crippen LogP contribution in [0.5, 0.6) is 0 Å². The highest BCUT2D eigenvalue weighted by atomic mass is 16.5. The lowest BCUT2D eigenvalue weighted by molar-refractivity contribution is -0.0485. The molecule has 0 radical (unpaired) electrons. The smallest absolute Gasteiger partial charge is 0.0868 e. The molecule has 110 valence electrons. The quantitative estimate of drug-likeness (QED) is 0.747. The second-order valence-electron chi connectivity index (χ2n) is 4.99. The van der Waals surface area contributed by atoms with Crippen molar-refractivity contribution in [2.75, 3.05) is 13.7 Å². The Morgan fingerprint density at radius 2 is 2.00 bits per heavy atom. The molecule has 0 aliphatic rings. The Labute approximate surface area is 117 Å². The van der Waals surface area contributed by atoms with E-state index in [0.29, 0.717) is 0 Å². The van der Waals surface area contributed by atoms with Crippen LogP contribution in [-0.4, -0.2) is 29.0 Å². The van der Waals surface area contributed by atoms with Crippen LogP contribution in [0.25, 0.3) is 0 Å². The summed E-state index contributed by atoms with van der Waals surface area (Å²) < 4.78 is 7.87. The minimum absolute atomic E-state index is 0.156. The predicted octanol–water partition coefficient (Wildman–Crippen LogP) is 3.15. The normalized spacial score (nSPS) is 13.7. The number of nitrogens with one attached hydrogen (secondary N) is 1. The second-order valence-corrected chi connectivity index (χ2v) is 4.99. The minimum Gasteiger partial charge on any atom is -0.376 e. The van der Waals surface area contributed by atoms with Crippen LogP contribution < -0.4 is 5.32 Å². The fourth-order valence-corrected chi connectivity index (χ4v) is 2.66. The van der Waals surface area contributed by atoms with E-state index in [-0.39, 0.29) is 11.6 Å². The Hall–Kier alpha value is -0.870. The Morgan fingerprint density at radius 1 is 1.32 bits per heavy atom. The van der Waals surface area contributed by atoms with Gasteiger partial charge in [-0.05, 0) is 32.7 Å². The summed E-state index contributed by atoms with van der Waals surface area (Å²) in [7, 11) is 1.82. The van der Waals surface area contributed by atoms with Crippen LogP contribution in [0.1, 0.15) is 58.6 Å². The van der Waals surface area contributed by atoms with Crippen molar-refractivity contribution in [2.24, 2.45) is 0 Å². The van der Waals surface area contributed by atoms with E-state index in [2.05, 4.69) is 44.3 Å². The number of aromatic nitrogens is 2. The van der Waals surface area contributed by atoms with Crippen molar-refractivity contribution in [1.82, 2.24) is 15.1 Å². The lowest BCUT2D eigenvalue weighted by Crippen LogP contribution is -2.45. The Morgan fingerprint density at radius 3 is 2.42 bits per heavy atom. The molecule has 0 aliphatic heterocycles. The number of aryl methyl sites for hydroxylation is 1. The predicted molar refractivity (Wildman–Crippen MR) is 79.3 cm³/mol. The number of nitrogens with zero attached hydrogens (tertiary/aromatic N) is 2. The monoisotopic (exact) mass is 267 g/mol. The highest BCUT2D eigenvalue weighted by Gasteiger charge is 2.37. The molecule has 0 saturated carbocycles. The van der Waals surface area contributed by atoms with Crippen molar-refractivity contribution < 1.29 is 4.74 Å². The van der Waals surface area contributed by atoms with Gasteiger partial charge in [-0.25, -0.2) is 0 Å². The fourth-order valence-electron chi connectivity index (χ4n) is 2.66. The van der Waals surface area contributed by atoms with Crippen LogP contribution in [-0.2, 0) is 11.3 Å². The molecule has 1 atom stereocenters. The SMILES string of the molecule is CCCNC(c1cnn(CC)c1)C(CC)(CC)OC. The van der Waals surface area contributed by atoms with Gasteiger partial charge in [-0.15, -0.1) is 0 Å². The van der Waals surface area contributed by atoms with Crippen LogP contribution in [0.3, 0.4) is 0 Å². The van der Waals surface area contributed by atoms with E-state index in [1.165, 1.54) is 5.56 Å². The molecule has 0 saturated heterocycles. The molecule has 1 aromatic heterocycles. The molecular formula is C15H29N3O. The first kappa shape index (κ1) is 16.2. The van der Waals surface area contributed by atoms with Gasteiger partial charge in [0.05, 0.1) is 17.8 Å². The minimum atomic E-state index is -0.156. The molecule has 1 rings (SSSR count). The summed E-state index contributed by atoms with van der Waals surface area (Å²) in [4.78, 5) is 0. The van der Waals surface area contributed by atoms with Gasteiger partial charge in [-0.3, -0.25) is 4.68 Å². The molecule has 4 heteroatoms. The van der Waals surface area contributed by atoms with Gasteiger partial charge in [0.25, 0.3) is 0 Å². The summed E-state index contributed by atoms with van der Waals surface area (Å²) in [6.45, 7) is 10.6. The van der Waals surface area contributed by atoms with Gasteiger partial charge in [0, 0.05) is 25.4 Å². The van der Waals surface area contributed by atoms with E-state index in [0.717, 1.165) is 32.4 Å². The Bertz CT molecular complexity index is 350. The third-order valence-corrected chi connectivity index (χ3v) is 4.04. The maximum absolute atomic E-state index is 5.89. The molecule has 0 fully saturated rings. The molecule has 0 aliphatic carbocycles. The standard InChI is InChI=1S/C15H29N3O/c1-6-10-16-14(15(7-2,8-3)19-5)13-11-17-18(9-4)12-13/h11-12,14,16H,6-10H2,1-5H3. The number of methoxy groups -OCH3 is 1. The van der Waals surface area contributed by atoms with Crippen LogP contribution in [0, 0.1) is 0 Å². The van der Waals surface area contributed by atoms with E-state index in [9.17, 15) is 0 Å². The average molecular weight is 267 g/mol. The highest BCUT2D eigenvalue weighted by Crippen LogP contribution is 2.34. The van der Waals surface area contributed by atoms with Gasteiger partial charge < -0.3 is 10.1 Å². The molecule has 1 unspecified atom stereocenters. The van der Waals surface area contributed by atoms with Crippen molar-refractivity contribution >= 4 is 0 Å². The van der Waals surface area contributed by atoms with E-state index >= 15 is 0 Å². The van der Waals surface area contributed by atoms with E-state index in [1.54, 1.807) is 0 Å². The fraction of sp³-hybridized carbons (Fsp3) is 0.800. The maximum atomic E-state index is 5.89. The van der Waals surface area contributed by atoms with Gasteiger partial charge in [0.15, 0.2) is 0 Å². The molecule has 0 aromatic carbocycles. The lowest BCUT2D eigenvalue weighted by Gasteiger charge is -2.38. The van der Waals surface area contributed by atoms with E-state index < -0.39 is 0 Å². The van der Waals surface area contributed by atoms with Crippen molar-refractivity contribution in [3.63, 3.8) is 0 Å². The summed E-state index contributed by atoms with van der Waals surface area (Å²) in [6, 6.07) is 0.202. The molecule has 19 heavy (non-hydrogen) atoms. The molecule has 0 spiro atoms. The summed E-state index contributed by atoms with van der Waals surface area (Å²) in [5, 5.41) is 8.04. The maximum Gasteiger partial charge on any atom is 0.0868 e. The zero-order chi connectivity index (χ0) is 14.3. The lowest BCUT2D eigenvalue weighted by atomic mass is 9.85. The Kier molecular flexibility index (Phi) is 6.52. The van der Waals surface area contributed by atoms with Gasteiger partial charge in [0.1, 0.15) is 0 Å². The zero-order valence-electron chi connectivity index (χ0n) is 13.1. The number of ether oxygens (including phenoxy) is 1. The van der Waals surface area contributed by atoms with E-state index in [4.69, 9.17) is 4.74 Å². The van der Waals surface area contributed by atoms with Crippen molar-refractivity contribution in [3.8, 4) is 0 Å². The molecule has 0 amide bonds. The molecular weight excluding hydrogens is 238 g/mol. The van der Waals surface area contributed by atoms with Crippen LogP contribution in [0.4, 0.5) is 0 Å². The van der Waals surface area contributed by atoms with Crippen LogP contribution in [0.2, 0.25) is 0 Å². The number of hydrogen-bond donors (Lipinski definition) is 1. The first-order chi connectivity index (χ1) is 9.17. The molecule has 1 aromatic rings. The Balaban J connectivity index is 3.04. The van der Waals surface area contributed by atoms with Gasteiger partial charge in [-0.1, -0.05) is 20.8 Å². The van der Waals surface area contributed by atoms with Gasteiger partial charge >= 0.3 is 0 Å². The third-order valence-electron chi connectivity index (χ3n) is 4.04. The van der Waals surface area contributed by atoms with Gasteiger partial charge in [-0.2, -0.15) is 5.10 Å². The molecule has 1 heterocycles. The number of rotatable bonds is 9. The van der Waals surface area contributed by atoms with Crippen LogP contribution in [0.15, 0.2) is 12.4 Å². The van der Waals surface area contributed by atoms with Crippen molar-refractivity contribution in [1.29, 1.82) is 0 Å². The van der Waals surface area contributed by atoms with Crippen molar-refractivity contribution in [3.05, 3.63) is 18.0 Å². The summed E-state index contributed by atoms with van der Waals surface area (Å²) in [6.07, 6.45) is 7.19. The third kappa shape index (κ3) is 3.57. The molecule has 0 bridgehead atoms. The largest absolute Gasteiger partial charge is 0.376 e. The zero-order valence-corrected chi connectivity index (χ0v) is 13.1. The van der Waals surface area contributed by atoms with Crippen molar-refractivity contribution in [2.45, 2.75) is 65.1 Å². The summed E-state index contributed by atoms with van der Waals surface area (Å²) >= 11 is 0.